The van der Waals surface area contributed by atoms with Crippen LogP contribution in [-0.4, -0.2) is 9.97 Å². The third-order valence-corrected chi connectivity index (χ3v) is 14.4. The van der Waals surface area contributed by atoms with E-state index >= 15 is 0 Å². The van der Waals surface area contributed by atoms with Gasteiger partial charge in [-0.15, -0.1) is 0 Å². The molecule has 1 aromatic heterocycles. The zero-order chi connectivity index (χ0) is 42.8. The largest absolute Gasteiger partial charge is 0.228 e. The summed E-state index contributed by atoms with van der Waals surface area (Å²) in [5.41, 5.74) is 22.7. The van der Waals surface area contributed by atoms with Gasteiger partial charge in [0.05, 0.1) is 16.8 Å². The van der Waals surface area contributed by atoms with Crippen LogP contribution in [-0.2, 0) is 10.8 Å². The Labute approximate surface area is 376 Å². The maximum atomic E-state index is 5.44. The number of rotatable bonds is 6. The summed E-state index contributed by atoms with van der Waals surface area (Å²) >= 11 is 0. The quantitative estimate of drug-likeness (QED) is 0.167. The zero-order valence-corrected chi connectivity index (χ0v) is 36.4. The van der Waals surface area contributed by atoms with Gasteiger partial charge in [0.25, 0.3) is 0 Å². The number of aromatic nitrogens is 2. The lowest BCUT2D eigenvalue weighted by Crippen LogP contribution is -2.40. The molecule has 7 aromatic carbocycles. The van der Waals surface area contributed by atoms with Crippen LogP contribution in [0.5, 0.6) is 0 Å². The molecule has 0 radical (unpaired) electrons. The second-order valence-electron chi connectivity index (χ2n) is 18.3. The van der Waals surface area contributed by atoms with Gasteiger partial charge in [0.1, 0.15) is 0 Å². The van der Waals surface area contributed by atoms with Gasteiger partial charge in [0.2, 0.25) is 0 Å². The molecule has 0 unspecified atom stereocenters. The van der Waals surface area contributed by atoms with Gasteiger partial charge < -0.3 is 0 Å². The molecular formula is C62H48N2. The van der Waals surface area contributed by atoms with Gasteiger partial charge in [-0.3, -0.25) is 0 Å². The van der Waals surface area contributed by atoms with E-state index in [4.69, 9.17) is 9.97 Å². The van der Waals surface area contributed by atoms with Gasteiger partial charge in [-0.05, 0) is 122 Å². The van der Waals surface area contributed by atoms with E-state index in [0.29, 0.717) is 0 Å². The van der Waals surface area contributed by atoms with Crippen molar-refractivity contribution in [1.29, 1.82) is 0 Å². The Balaban J connectivity index is 1.08. The molecule has 2 nitrogen and oxygen atoms in total. The number of allylic oxidation sites excluding steroid dienone is 8. The molecule has 0 aliphatic heterocycles. The van der Waals surface area contributed by atoms with Gasteiger partial charge >= 0.3 is 0 Å². The molecule has 0 atom stereocenters. The number of hydrogen-bond acceptors (Lipinski definition) is 2. The summed E-state index contributed by atoms with van der Waals surface area (Å²) < 4.78 is 0. The lowest BCUT2D eigenvalue weighted by molar-refractivity contribution is 0.563. The fourth-order valence-electron chi connectivity index (χ4n) is 11.3. The first-order valence-electron chi connectivity index (χ1n) is 22.8. The molecule has 64 heavy (non-hydrogen) atoms. The molecule has 0 fully saturated rings. The molecule has 0 bridgehead atoms. The molecule has 8 aromatic rings. The molecule has 2 heteroatoms. The molecule has 4 aliphatic rings. The summed E-state index contributed by atoms with van der Waals surface area (Å²) in [6.07, 6.45) is 15.9. The van der Waals surface area contributed by atoms with Crippen LogP contribution in [0.1, 0.15) is 89.6 Å². The number of hydrogen-bond donors (Lipinski definition) is 0. The van der Waals surface area contributed by atoms with Crippen LogP contribution in [0.2, 0.25) is 0 Å². The highest BCUT2D eigenvalue weighted by Crippen LogP contribution is 2.63. The van der Waals surface area contributed by atoms with E-state index < -0.39 is 5.41 Å². The molecule has 306 valence electrons. The SMILES string of the molecule is CC1(C)c2ccccc2C2(c3ccc(C4=CC=C(c5cccc(C6=CCCC=C6)c5)CC4)cc3-c3c(-c4nc(-c5ccccc5)cc(-c5ccccc5)n4)cccc32)c2ccccc21. The average molecular weight is 821 g/mol. The number of nitrogens with zero attached hydrogens (tertiary/aromatic N) is 2. The Kier molecular flexibility index (Phi) is 9.05. The van der Waals surface area contributed by atoms with Gasteiger partial charge in [-0.25, -0.2) is 9.97 Å². The summed E-state index contributed by atoms with van der Waals surface area (Å²) in [7, 11) is 0. The van der Waals surface area contributed by atoms with E-state index in [9.17, 15) is 0 Å². The van der Waals surface area contributed by atoms with Crippen molar-refractivity contribution in [2.24, 2.45) is 0 Å². The Morgan fingerprint density at radius 1 is 0.422 bits per heavy atom. The van der Waals surface area contributed by atoms with Crippen molar-refractivity contribution in [3.63, 3.8) is 0 Å². The second kappa shape index (κ2) is 15.1. The minimum Gasteiger partial charge on any atom is -0.228 e. The van der Waals surface area contributed by atoms with E-state index in [1.54, 1.807) is 0 Å². The fraction of sp³-hybridized carbons (Fsp3) is 0.129. The molecule has 4 aliphatic carbocycles. The van der Waals surface area contributed by atoms with Gasteiger partial charge in [0.15, 0.2) is 5.82 Å². The first-order valence-corrected chi connectivity index (χ1v) is 22.8. The minimum absolute atomic E-state index is 0.183. The molecular weight excluding hydrogens is 773 g/mol. The number of fused-ring (bicyclic) bond motifs is 9. The van der Waals surface area contributed by atoms with Crippen molar-refractivity contribution in [2.75, 3.05) is 0 Å². The highest BCUT2D eigenvalue weighted by atomic mass is 14.9. The van der Waals surface area contributed by atoms with Crippen LogP contribution in [0.25, 0.3) is 61.7 Å². The third kappa shape index (κ3) is 6.00. The highest BCUT2D eigenvalue weighted by Gasteiger charge is 2.54. The van der Waals surface area contributed by atoms with Gasteiger partial charge in [0, 0.05) is 22.1 Å². The van der Waals surface area contributed by atoms with Crippen molar-refractivity contribution in [2.45, 2.75) is 50.4 Å². The van der Waals surface area contributed by atoms with Crippen LogP contribution in [0.3, 0.4) is 0 Å². The second-order valence-corrected chi connectivity index (χ2v) is 18.3. The Morgan fingerprint density at radius 3 is 1.58 bits per heavy atom. The maximum Gasteiger partial charge on any atom is 0.161 e. The Hall–Kier alpha value is -7.42. The van der Waals surface area contributed by atoms with Crippen molar-refractivity contribution >= 4 is 16.7 Å². The lowest BCUT2D eigenvalue weighted by atomic mass is 9.55. The molecule has 0 N–H and O–H groups in total. The fourth-order valence-corrected chi connectivity index (χ4v) is 11.3. The highest BCUT2D eigenvalue weighted by molar-refractivity contribution is 5.97. The number of benzene rings is 7. The van der Waals surface area contributed by atoms with E-state index in [0.717, 1.165) is 59.6 Å². The van der Waals surface area contributed by atoms with E-state index in [1.807, 2.05) is 0 Å². The van der Waals surface area contributed by atoms with Gasteiger partial charge in [-0.2, -0.15) is 0 Å². The monoisotopic (exact) mass is 820 g/mol. The van der Waals surface area contributed by atoms with Crippen molar-refractivity contribution in [3.05, 3.63) is 256 Å². The summed E-state index contributed by atoms with van der Waals surface area (Å²) in [5.74, 6) is 0.731. The van der Waals surface area contributed by atoms with Crippen LogP contribution in [0.15, 0.2) is 206 Å². The molecule has 1 heterocycles. The summed E-state index contributed by atoms with van der Waals surface area (Å²) in [4.78, 5) is 10.9. The van der Waals surface area contributed by atoms with Gasteiger partial charge in [-0.1, -0.05) is 202 Å². The third-order valence-electron chi connectivity index (χ3n) is 14.4. The zero-order valence-electron chi connectivity index (χ0n) is 36.4. The first-order chi connectivity index (χ1) is 31.5. The lowest BCUT2D eigenvalue weighted by Gasteiger charge is -2.46. The Morgan fingerprint density at radius 2 is 0.969 bits per heavy atom. The predicted octanol–water partition coefficient (Wildman–Crippen LogP) is 15.5. The molecule has 1 spiro atoms. The summed E-state index contributed by atoms with van der Waals surface area (Å²) in [6.45, 7) is 4.78. The summed E-state index contributed by atoms with van der Waals surface area (Å²) in [5, 5.41) is 0. The van der Waals surface area contributed by atoms with Crippen LogP contribution in [0, 0.1) is 0 Å². The van der Waals surface area contributed by atoms with Crippen molar-refractivity contribution < 1.29 is 0 Å². The normalized spacial score (nSPS) is 16.2. The smallest absolute Gasteiger partial charge is 0.161 e. The Bertz CT molecular complexity index is 3180. The molecule has 12 rings (SSSR count). The first kappa shape index (κ1) is 38.3. The standard InChI is InChI=1S/C62H48N2/c1-61(2)52-27-12-14-29-54(52)62(55-30-15-13-28-53(55)61)51-37-36-48(43-34-32-42(33-35-43)47-25-16-24-46(38-47)41-18-6-3-7-19-41)39-50(51)59-49(26-17-31-56(59)62)60-63-57(44-20-8-4-9-21-44)40-58(64-60)45-22-10-5-11-23-45/h4-6,8-32,34,36-40H,3,7,33,35H2,1-2H3. The maximum absolute atomic E-state index is 5.44. The van der Waals surface area contributed by atoms with Crippen LogP contribution in [0.4, 0.5) is 0 Å². The summed E-state index contributed by atoms with van der Waals surface area (Å²) in [6, 6.07) is 64.9. The van der Waals surface area contributed by atoms with Crippen molar-refractivity contribution in [1.82, 2.24) is 9.97 Å². The van der Waals surface area contributed by atoms with E-state index in [2.05, 4.69) is 220 Å². The van der Waals surface area contributed by atoms with E-state index in [1.165, 1.54) is 77.9 Å². The van der Waals surface area contributed by atoms with Crippen molar-refractivity contribution in [3.8, 4) is 45.0 Å². The average Bonchev–Trinajstić information content (AvgIpc) is 3.67. The topological polar surface area (TPSA) is 25.8 Å². The predicted molar refractivity (Wildman–Crippen MR) is 266 cm³/mol. The molecule has 0 saturated carbocycles. The van der Waals surface area contributed by atoms with Crippen LogP contribution >= 0.6 is 0 Å². The van der Waals surface area contributed by atoms with E-state index in [-0.39, 0.29) is 5.41 Å². The molecule has 0 saturated heterocycles. The minimum atomic E-state index is -0.538. The molecule has 0 amide bonds. The van der Waals surface area contributed by atoms with Crippen LogP contribution < -0.4 is 0 Å².